The fourth-order valence-corrected chi connectivity index (χ4v) is 3.33. The molecule has 0 saturated carbocycles. The van der Waals surface area contributed by atoms with Crippen molar-refractivity contribution in [1.29, 1.82) is 0 Å². The van der Waals surface area contributed by atoms with E-state index in [-0.39, 0.29) is 6.10 Å². The van der Waals surface area contributed by atoms with Crippen LogP contribution in [0.4, 0.5) is 0 Å². The maximum absolute atomic E-state index is 6.30. The highest BCUT2D eigenvalue weighted by Gasteiger charge is 2.24. The first-order chi connectivity index (χ1) is 12.2. The quantitative estimate of drug-likeness (QED) is 0.716. The van der Waals surface area contributed by atoms with Crippen molar-refractivity contribution in [3.63, 3.8) is 0 Å². The minimum Gasteiger partial charge on any atom is -0.371 e. The van der Waals surface area contributed by atoms with Crippen LogP contribution in [-0.2, 0) is 18.3 Å². The minimum absolute atomic E-state index is 0.0248. The first-order valence-corrected chi connectivity index (χ1v) is 8.60. The highest BCUT2D eigenvalue weighted by atomic mass is 35.5. The summed E-state index contributed by atoms with van der Waals surface area (Å²) in [6.45, 7) is 2.98. The lowest BCUT2D eigenvalue weighted by Gasteiger charge is -2.32. The molecule has 7 heteroatoms. The van der Waals surface area contributed by atoms with E-state index in [1.54, 1.807) is 10.9 Å². The number of halogens is 1. The van der Waals surface area contributed by atoms with Crippen LogP contribution in [0.5, 0.6) is 0 Å². The predicted octanol–water partition coefficient (Wildman–Crippen LogP) is 3.30. The molecule has 3 heterocycles. The van der Waals surface area contributed by atoms with Crippen LogP contribution in [0, 0.1) is 0 Å². The Morgan fingerprint density at radius 1 is 1.32 bits per heavy atom. The second-order valence-electron chi connectivity index (χ2n) is 6.20. The molecular formula is C18H19ClN4O2. The van der Waals surface area contributed by atoms with E-state index in [2.05, 4.69) is 15.2 Å². The molecule has 0 spiro atoms. The van der Waals surface area contributed by atoms with Crippen LogP contribution in [0.3, 0.4) is 0 Å². The number of hydrogen-bond donors (Lipinski definition) is 0. The van der Waals surface area contributed by atoms with Gasteiger partial charge in [-0.2, -0.15) is 5.10 Å². The molecule has 0 aliphatic carbocycles. The first-order valence-electron chi connectivity index (χ1n) is 8.22. The minimum atomic E-state index is -0.0248. The summed E-state index contributed by atoms with van der Waals surface area (Å²) in [4.78, 5) is 2.30. The van der Waals surface area contributed by atoms with Gasteiger partial charge in [-0.3, -0.25) is 9.58 Å². The maximum atomic E-state index is 6.30. The van der Waals surface area contributed by atoms with Gasteiger partial charge >= 0.3 is 0 Å². The van der Waals surface area contributed by atoms with Gasteiger partial charge in [0.25, 0.3) is 0 Å². The Balaban J connectivity index is 1.44. The van der Waals surface area contributed by atoms with Crippen LogP contribution in [-0.4, -0.2) is 39.5 Å². The smallest absolute Gasteiger partial charge is 0.151 e. The zero-order valence-electron chi connectivity index (χ0n) is 13.9. The molecule has 3 aromatic rings. The molecule has 0 unspecified atom stereocenters. The van der Waals surface area contributed by atoms with Gasteiger partial charge in [-0.05, 0) is 6.07 Å². The van der Waals surface area contributed by atoms with Gasteiger partial charge in [-0.1, -0.05) is 35.0 Å². The van der Waals surface area contributed by atoms with Gasteiger partial charge < -0.3 is 9.26 Å². The second-order valence-corrected chi connectivity index (χ2v) is 6.60. The fourth-order valence-electron chi connectivity index (χ4n) is 3.07. The lowest BCUT2D eigenvalue weighted by Crippen LogP contribution is -2.37. The summed E-state index contributed by atoms with van der Waals surface area (Å²) in [7, 11) is 1.88. The van der Waals surface area contributed by atoms with Crippen molar-refractivity contribution >= 4 is 11.6 Å². The monoisotopic (exact) mass is 358 g/mol. The lowest BCUT2D eigenvalue weighted by atomic mass is 10.1. The van der Waals surface area contributed by atoms with E-state index in [4.69, 9.17) is 20.9 Å². The highest BCUT2D eigenvalue weighted by Crippen LogP contribution is 2.29. The molecular weight excluding hydrogens is 340 g/mol. The topological polar surface area (TPSA) is 56.3 Å². The number of nitrogens with zero attached hydrogens (tertiary/aromatic N) is 4. The highest BCUT2D eigenvalue weighted by molar-refractivity contribution is 6.31. The molecule has 1 aliphatic heterocycles. The molecule has 25 heavy (non-hydrogen) atoms. The van der Waals surface area contributed by atoms with Crippen LogP contribution in [0.2, 0.25) is 5.02 Å². The average Bonchev–Trinajstić information content (AvgIpc) is 3.24. The van der Waals surface area contributed by atoms with Gasteiger partial charge in [0.15, 0.2) is 5.76 Å². The van der Waals surface area contributed by atoms with Crippen molar-refractivity contribution in [3.05, 3.63) is 59.1 Å². The molecule has 0 amide bonds. The molecule has 1 aliphatic rings. The van der Waals surface area contributed by atoms with Gasteiger partial charge in [-0.25, -0.2) is 0 Å². The number of aromatic nitrogens is 3. The van der Waals surface area contributed by atoms with Crippen LogP contribution in [0.25, 0.3) is 11.3 Å². The lowest BCUT2D eigenvalue weighted by molar-refractivity contribution is -0.0350. The number of morpholine rings is 1. The molecule has 2 aromatic heterocycles. The molecule has 1 atom stereocenters. The standard InChI is InChI=1S/C18H19ClN4O2/c1-22-10-13(9-20-22)17-8-14(25-21-17)11-23-6-7-24-18(12-23)15-4-2-3-5-16(15)19/h2-5,8-10,18H,6-7,11-12H2,1H3/t18-/m1/s1. The van der Waals surface area contributed by atoms with E-state index >= 15 is 0 Å². The zero-order chi connectivity index (χ0) is 17.2. The maximum Gasteiger partial charge on any atom is 0.151 e. The Labute approximate surface area is 150 Å². The molecule has 4 rings (SSSR count). The van der Waals surface area contributed by atoms with E-state index in [1.807, 2.05) is 43.6 Å². The van der Waals surface area contributed by atoms with Crippen molar-refractivity contribution in [2.75, 3.05) is 19.7 Å². The fraction of sp³-hybridized carbons (Fsp3) is 0.333. The summed E-state index contributed by atoms with van der Waals surface area (Å²) in [5.41, 5.74) is 2.79. The van der Waals surface area contributed by atoms with Crippen molar-refractivity contribution in [1.82, 2.24) is 19.8 Å². The largest absolute Gasteiger partial charge is 0.371 e. The zero-order valence-corrected chi connectivity index (χ0v) is 14.7. The summed E-state index contributed by atoms with van der Waals surface area (Å²) in [5, 5.41) is 9.06. The van der Waals surface area contributed by atoms with Gasteiger partial charge in [0, 0.05) is 48.5 Å². The third-order valence-electron chi connectivity index (χ3n) is 4.34. The van der Waals surface area contributed by atoms with Crippen molar-refractivity contribution in [2.45, 2.75) is 12.6 Å². The average molecular weight is 359 g/mol. The molecule has 0 N–H and O–H groups in total. The van der Waals surface area contributed by atoms with Crippen LogP contribution in [0.15, 0.2) is 47.2 Å². The number of rotatable bonds is 4. The molecule has 1 aromatic carbocycles. The number of benzene rings is 1. The van der Waals surface area contributed by atoms with E-state index in [0.717, 1.165) is 40.7 Å². The van der Waals surface area contributed by atoms with Crippen LogP contribution < -0.4 is 0 Å². The normalized spacial score (nSPS) is 18.6. The predicted molar refractivity (Wildman–Crippen MR) is 94.1 cm³/mol. The van der Waals surface area contributed by atoms with Gasteiger partial charge in [-0.15, -0.1) is 0 Å². The summed E-state index contributed by atoms with van der Waals surface area (Å²) >= 11 is 6.30. The van der Waals surface area contributed by atoms with Gasteiger partial charge in [0.1, 0.15) is 5.69 Å². The van der Waals surface area contributed by atoms with Crippen LogP contribution in [0.1, 0.15) is 17.4 Å². The Bertz CT molecular complexity index is 860. The van der Waals surface area contributed by atoms with Crippen molar-refractivity contribution < 1.29 is 9.26 Å². The van der Waals surface area contributed by atoms with Crippen molar-refractivity contribution in [2.24, 2.45) is 7.05 Å². The molecule has 1 saturated heterocycles. The molecule has 130 valence electrons. The van der Waals surface area contributed by atoms with Gasteiger partial charge in [0.05, 0.1) is 25.5 Å². The summed E-state index contributed by atoms with van der Waals surface area (Å²) in [5.74, 6) is 0.832. The van der Waals surface area contributed by atoms with E-state index in [1.165, 1.54) is 0 Å². The Morgan fingerprint density at radius 2 is 2.20 bits per heavy atom. The Morgan fingerprint density at radius 3 is 3.00 bits per heavy atom. The van der Waals surface area contributed by atoms with Crippen molar-refractivity contribution in [3.8, 4) is 11.3 Å². The Kier molecular flexibility index (Phi) is 4.57. The molecule has 1 fully saturated rings. The summed E-state index contributed by atoms with van der Waals surface area (Å²) < 4.78 is 13.2. The van der Waals surface area contributed by atoms with Gasteiger partial charge in [0.2, 0.25) is 0 Å². The number of aryl methyl sites for hydroxylation is 1. The second kappa shape index (κ2) is 7.00. The SMILES string of the molecule is Cn1cc(-c2cc(CN3CCO[C@@H](c4ccccc4Cl)C3)on2)cn1. The molecule has 0 bridgehead atoms. The first kappa shape index (κ1) is 16.3. The Hall–Kier alpha value is -2.15. The van der Waals surface area contributed by atoms with E-state index in [0.29, 0.717) is 13.2 Å². The van der Waals surface area contributed by atoms with E-state index in [9.17, 15) is 0 Å². The molecule has 6 nitrogen and oxygen atoms in total. The van der Waals surface area contributed by atoms with Crippen LogP contribution >= 0.6 is 11.6 Å². The number of hydrogen-bond acceptors (Lipinski definition) is 5. The molecule has 0 radical (unpaired) electrons. The third-order valence-corrected chi connectivity index (χ3v) is 4.69. The van der Waals surface area contributed by atoms with E-state index < -0.39 is 0 Å². The number of ether oxygens (including phenoxy) is 1. The summed E-state index contributed by atoms with van der Waals surface area (Å²) in [6.07, 6.45) is 3.68. The summed E-state index contributed by atoms with van der Waals surface area (Å²) in [6, 6.07) is 9.80. The third kappa shape index (κ3) is 3.61.